The van der Waals surface area contributed by atoms with Crippen molar-refractivity contribution < 1.29 is 19.1 Å². The van der Waals surface area contributed by atoms with Crippen LogP contribution in [0.2, 0.25) is 0 Å². The quantitative estimate of drug-likeness (QED) is 0.779. The first-order valence-corrected chi connectivity index (χ1v) is 9.43. The second kappa shape index (κ2) is 8.27. The molecule has 8 heteroatoms. The van der Waals surface area contributed by atoms with Gasteiger partial charge in [0.15, 0.2) is 6.61 Å². The van der Waals surface area contributed by atoms with Crippen LogP contribution in [-0.2, 0) is 14.3 Å². The zero-order valence-electron chi connectivity index (χ0n) is 14.6. The molecular formula is C18H21N3O4S. The van der Waals surface area contributed by atoms with Gasteiger partial charge >= 0.3 is 5.97 Å². The number of carbonyl (C=O) groups excluding carboxylic acids is 3. The van der Waals surface area contributed by atoms with Gasteiger partial charge in [0.1, 0.15) is 0 Å². The van der Waals surface area contributed by atoms with E-state index < -0.39 is 5.97 Å². The maximum Gasteiger partial charge on any atom is 0.308 e. The molecule has 0 bridgehead atoms. The lowest BCUT2D eigenvalue weighted by Gasteiger charge is -2.14. The molecule has 2 amide bonds. The van der Waals surface area contributed by atoms with E-state index >= 15 is 0 Å². The van der Waals surface area contributed by atoms with Crippen molar-refractivity contribution in [2.45, 2.75) is 26.2 Å². The van der Waals surface area contributed by atoms with Gasteiger partial charge in [-0.05, 0) is 37.5 Å². The predicted octanol–water partition coefficient (Wildman–Crippen LogP) is 1.89. The van der Waals surface area contributed by atoms with E-state index in [0.29, 0.717) is 4.88 Å². The summed E-state index contributed by atoms with van der Waals surface area (Å²) in [5.41, 5.74) is 1.87. The standard InChI is InChI=1S/C18H21N3O4S/c1-12-4-6-19-13-10-14(26-17(12)13)18(24)20-7-5-16(23)25-11-15(22)21-8-2-3-9-21/h4,6,10H,2-3,5,7-9,11H2,1H3,(H,20,24). The van der Waals surface area contributed by atoms with Crippen molar-refractivity contribution in [3.63, 3.8) is 0 Å². The number of nitrogens with zero attached hydrogens (tertiary/aromatic N) is 2. The third-order valence-electron chi connectivity index (χ3n) is 4.26. The molecule has 1 aliphatic heterocycles. The van der Waals surface area contributed by atoms with E-state index in [1.165, 1.54) is 11.3 Å². The van der Waals surface area contributed by atoms with E-state index in [-0.39, 0.29) is 31.4 Å². The molecule has 0 atom stereocenters. The number of aromatic nitrogens is 1. The summed E-state index contributed by atoms with van der Waals surface area (Å²) in [7, 11) is 0. The van der Waals surface area contributed by atoms with Gasteiger partial charge in [-0.25, -0.2) is 0 Å². The van der Waals surface area contributed by atoms with Crippen molar-refractivity contribution in [3.8, 4) is 0 Å². The first-order chi connectivity index (χ1) is 12.5. The fourth-order valence-corrected chi connectivity index (χ4v) is 3.81. The summed E-state index contributed by atoms with van der Waals surface area (Å²) in [5.74, 6) is -0.895. The van der Waals surface area contributed by atoms with Gasteiger partial charge in [0.25, 0.3) is 11.8 Å². The Morgan fingerprint density at radius 1 is 1.31 bits per heavy atom. The highest BCUT2D eigenvalue weighted by atomic mass is 32.1. The van der Waals surface area contributed by atoms with Crippen LogP contribution in [0.1, 0.15) is 34.5 Å². The van der Waals surface area contributed by atoms with Gasteiger partial charge in [-0.3, -0.25) is 19.4 Å². The number of hydrogen-bond donors (Lipinski definition) is 1. The predicted molar refractivity (Wildman–Crippen MR) is 98.1 cm³/mol. The molecule has 2 aromatic rings. The van der Waals surface area contributed by atoms with Crippen molar-refractivity contribution in [3.05, 3.63) is 28.8 Å². The minimum absolute atomic E-state index is 0.0290. The number of fused-ring (bicyclic) bond motifs is 1. The third kappa shape index (κ3) is 4.37. The topological polar surface area (TPSA) is 88.6 Å². The van der Waals surface area contributed by atoms with Gasteiger partial charge in [-0.1, -0.05) is 0 Å². The van der Waals surface area contributed by atoms with Crippen LogP contribution in [0.4, 0.5) is 0 Å². The van der Waals surface area contributed by atoms with Crippen molar-refractivity contribution in [1.82, 2.24) is 15.2 Å². The SMILES string of the molecule is Cc1ccnc2cc(C(=O)NCCC(=O)OCC(=O)N3CCCC3)sc12. The minimum atomic E-state index is -0.494. The van der Waals surface area contributed by atoms with E-state index in [1.807, 2.05) is 13.0 Å². The first-order valence-electron chi connectivity index (χ1n) is 8.61. The second-order valence-corrected chi connectivity index (χ2v) is 7.26. The molecule has 0 saturated carbocycles. The van der Waals surface area contributed by atoms with Crippen LogP contribution < -0.4 is 5.32 Å². The number of amides is 2. The Hall–Kier alpha value is -2.48. The van der Waals surface area contributed by atoms with Crippen LogP contribution in [0, 0.1) is 6.92 Å². The first kappa shape index (κ1) is 18.3. The number of carbonyl (C=O) groups is 3. The summed E-state index contributed by atoms with van der Waals surface area (Å²) in [4.78, 5) is 42.2. The Kier molecular flexibility index (Phi) is 5.82. The van der Waals surface area contributed by atoms with E-state index in [4.69, 9.17) is 4.74 Å². The smallest absolute Gasteiger partial charge is 0.308 e. The molecule has 0 radical (unpaired) electrons. The van der Waals surface area contributed by atoms with Crippen molar-refractivity contribution in [2.75, 3.05) is 26.2 Å². The second-order valence-electron chi connectivity index (χ2n) is 6.21. The molecule has 7 nitrogen and oxygen atoms in total. The van der Waals surface area contributed by atoms with Gasteiger partial charge in [0.05, 0.1) is 21.5 Å². The number of nitrogens with one attached hydrogen (secondary N) is 1. The summed E-state index contributed by atoms with van der Waals surface area (Å²) in [6.07, 6.45) is 3.74. The number of aryl methyl sites for hydroxylation is 1. The van der Waals surface area contributed by atoms with E-state index in [1.54, 1.807) is 17.2 Å². The molecule has 0 aliphatic carbocycles. The van der Waals surface area contributed by atoms with E-state index in [2.05, 4.69) is 10.3 Å². The Bertz CT molecular complexity index is 827. The molecule has 3 heterocycles. The Labute approximate surface area is 155 Å². The molecule has 138 valence electrons. The maximum absolute atomic E-state index is 12.2. The van der Waals surface area contributed by atoms with E-state index in [9.17, 15) is 14.4 Å². The molecule has 1 N–H and O–H groups in total. The van der Waals surface area contributed by atoms with Gasteiger partial charge in [0, 0.05) is 25.8 Å². The summed E-state index contributed by atoms with van der Waals surface area (Å²) in [6.45, 7) is 3.37. The van der Waals surface area contributed by atoms with Crippen LogP contribution in [0.25, 0.3) is 10.2 Å². The summed E-state index contributed by atoms with van der Waals surface area (Å²) in [5, 5.41) is 2.70. The van der Waals surface area contributed by atoms with Gasteiger partial charge in [0.2, 0.25) is 0 Å². The van der Waals surface area contributed by atoms with Crippen LogP contribution in [-0.4, -0.2) is 53.9 Å². The van der Waals surface area contributed by atoms with Crippen molar-refractivity contribution in [2.24, 2.45) is 0 Å². The number of rotatable bonds is 6. The van der Waals surface area contributed by atoms with Gasteiger partial charge in [-0.15, -0.1) is 11.3 Å². The molecule has 3 rings (SSSR count). The monoisotopic (exact) mass is 375 g/mol. The number of likely N-dealkylation sites (tertiary alicyclic amines) is 1. The number of hydrogen-bond acceptors (Lipinski definition) is 6. The number of ether oxygens (including phenoxy) is 1. The van der Waals surface area contributed by atoms with Crippen LogP contribution in [0.15, 0.2) is 18.3 Å². The van der Waals surface area contributed by atoms with Crippen molar-refractivity contribution >= 4 is 39.3 Å². The molecule has 1 aliphatic rings. The zero-order valence-corrected chi connectivity index (χ0v) is 15.4. The van der Waals surface area contributed by atoms with Crippen LogP contribution >= 0.6 is 11.3 Å². The highest BCUT2D eigenvalue weighted by Crippen LogP contribution is 2.26. The molecule has 1 fully saturated rings. The normalized spacial score (nSPS) is 13.8. The average molecular weight is 375 g/mol. The molecule has 2 aromatic heterocycles. The maximum atomic E-state index is 12.2. The number of esters is 1. The Balaban J connectivity index is 1.42. The van der Waals surface area contributed by atoms with Gasteiger partial charge in [-0.2, -0.15) is 0 Å². The average Bonchev–Trinajstić information content (AvgIpc) is 3.29. The molecule has 1 saturated heterocycles. The van der Waals surface area contributed by atoms with Crippen molar-refractivity contribution in [1.29, 1.82) is 0 Å². The highest BCUT2D eigenvalue weighted by Gasteiger charge is 2.19. The molecular weight excluding hydrogens is 354 g/mol. The van der Waals surface area contributed by atoms with Crippen LogP contribution in [0.3, 0.4) is 0 Å². The highest BCUT2D eigenvalue weighted by molar-refractivity contribution is 7.21. The fourth-order valence-electron chi connectivity index (χ4n) is 2.81. The number of thiophene rings is 1. The van der Waals surface area contributed by atoms with Crippen LogP contribution in [0.5, 0.6) is 0 Å². The largest absolute Gasteiger partial charge is 0.456 e. The number of pyridine rings is 1. The lowest BCUT2D eigenvalue weighted by Crippen LogP contribution is -2.32. The molecule has 0 spiro atoms. The Morgan fingerprint density at radius 2 is 2.08 bits per heavy atom. The van der Waals surface area contributed by atoms with Gasteiger partial charge < -0.3 is 15.0 Å². The molecule has 26 heavy (non-hydrogen) atoms. The lowest BCUT2D eigenvalue weighted by molar-refractivity contribution is -0.151. The molecule has 0 aromatic carbocycles. The zero-order chi connectivity index (χ0) is 18.5. The summed E-state index contributed by atoms with van der Waals surface area (Å²) >= 11 is 1.38. The third-order valence-corrected chi connectivity index (χ3v) is 5.52. The fraction of sp³-hybridized carbons (Fsp3) is 0.444. The Morgan fingerprint density at radius 3 is 2.81 bits per heavy atom. The molecule has 0 unspecified atom stereocenters. The summed E-state index contributed by atoms with van der Waals surface area (Å²) < 4.78 is 5.96. The minimum Gasteiger partial charge on any atom is -0.456 e. The van der Waals surface area contributed by atoms with E-state index in [0.717, 1.165) is 41.7 Å². The summed E-state index contributed by atoms with van der Waals surface area (Å²) in [6, 6.07) is 3.65. The lowest BCUT2D eigenvalue weighted by atomic mass is 10.2.